The van der Waals surface area contributed by atoms with Crippen LogP contribution in [0.1, 0.15) is 16.8 Å². The maximum atomic E-state index is 12.3. The van der Waals surface area contributed by atoms with Crippen molar-refractivity contribution in [2.75, 3.05) is 13.7 Å². The van der Waals surface area contributed by atoms with Crippen molar-refractivity contribution in [1.29, 1.82) is 0 Å². The molecule has 108 valence electrons. The number of carboxylic acid groups (broad SMARTS) is 1. The number of nitrogens with zero attached hydrogens (tertiary/aromatic N) is 1. The molecular formula is C13H14BrNO5. The number of hydrogen-bond donors (Lipinski definition) is 2. The van der Waals surface area contributed by atoms with E-state index < -0.39 is 24.0 Å². The van der Waals surface area contributed by atoms with E-state index in [2.05, 4.69) is 15.9 Å². The fourth-order valence-corrected chi connectivity index (χ4v) is 2.78. The Hall–Kier alpha value is -1.60. The predicted octanol–water partition coefficient (Wildman–Crippen LogP) is 1.12. The van der Waals surface area contributed by atoms with Gasteiger partial charge in [0.1, 0.15) is 11.8 Å². The lowest BCUT2D eigenvalue weighted by Crippen LogP contribution is -2.40. The summed E-state index contributed by atoms with van der Waals surface area (Å²) in [6.07, 6.45) is -0.750. The summed E-state index contributed by atoms with van der Waals surface area (Å²) < 4.78 is 5.68. The van der Waals surface area contributed by atoms with Gasteiger partial charge in [-0.05, 0) is 34.1 Å². The van der Waals surface area contributed by atoms with E-state index in [0.717, 1.165) is 0 Å². The Labute approximate surface area is 124 Å². The molecule has 2 atom stereocenters. The van der Waals surface area contributed by atoms with Crippen LogP contribution < -0.4 is 4.74 Å². The third kappa shape index (κ3) is 2.78. The molecule has 1 fully saturated rings. The van der Waals surface area contributed by atoms with Gasteiger partial charge in [-0.15, -0.1) is 0 Å². The summed E-state index contributed by atoms with van der Waals surface area (Å²) in [6, 6.07) is 3.78. The molecule has 1 aliphatic rings. The molecule has 6 nitrogen and oxygen atoms in total. The molecule has 0 unspecified atom stereocenters. The molecule has 1 aromatic rings. The second kappa shape index (κ2) is 5.80. The summed E-state index contributed by atoms with van der Waals surface area (Å²) in [5.41, 5.74) is 0.345. The highest BCUT2D eigenvalue weighted by atomic mass is 79.9. The summed E-state index contributed by atoms with van der Waals surface area (Å²) in [7, 11) is 1.51. The van der Waals surface area contributed by atoms with Crippen molar-refractivity contribution < 1.29 is 24.5 Å². The van der Waals surface area contributed by atoms with E-state index in [1.165, 1.54) is 12.0 Å². The van der Waals surface area contributed by atoms with Gasteiger partial charge in [0.05, 0.1) is 17.7 Å². The number of rotatable bonds is 3. The number of carboxylic acids is 1. The zero-order valence-corrected chi connectivity index (χ0v) is 12.3. The fourth-order valence-electron chi connectivity index (χ4n) is 2.24. The van der Waals surface area contributed by atoms with Crippen LogP contribution in [0.3, 0.4) is 0 Å². The molecule has 0 spiro atoms. The van der Waals surface area contributed by atoms with Gasteiger partial charge in [-0.3, -0.25) is 4.79 Å². The molecule has 0 aromatic heterocycles. The van der Waals surface area contributed by atoms with Crippen LogP contribution in [-0.4, -0.2) is 52.8 Å². The lowest BCUT2D eigenvalue weighted by Gasteiger charge is -2.21. The van der Waals surface area contributed by atoms with E-state index in [-0.39, 0.29) is 13.0 Å². The normalized spacial score (nSPS) is 21.9. The highest BCUT2D eigenvalue weighted by Crippen LogP contribution is 2.27. The molecule has 2 rings (SSSR count). The maximum absolute atomic E-state index is 12.3. The summed E-state index contributed by atoms with van der Waals surface area (Å²) in [5.74, 6) is -0.947. The molecule has 7 heteroatoms. The summed E-state index contributed by atoms with van der Waals surface area (Å²) in [6.45, 7) is 0.0272. The van der Waals surface area contributed by atoms with Crippen molar-refractivity contribution in [3.8, 4) is 5.75 Å². The number of halogens is 1. The number of carbonyl (C=O) groups excluding carboxylic acids is 1. The molecule has 1 heterocycles. The van der Waals surface area contributed by atoms with Gasteiger partial charge in [0.15, 0.2) is 0 Å². The van der Waals surface area contributed by atoms with Crippen molar-refractivity contribution >= 4 is 27.8 Å². The largest absolute Gasteiger partial charge is 0.496 e. The minimum Gasteiger partial charge on any atom is -0.496 e. The van der Waals surface area contributed by atoms with E-state index in [1.807, 2.05) is 0 Å². The Morgan fingerprint density at radius 2 is 2.15 bits per heavy atom. The SMILES string of the molecule is COc1ccc(C(=O)N2C[C@H](O)C[C@H]2C(=O)O)cc1Br. The summed E-state index contributed by atoms with van der Waals surface area (Å²) in [5, 5.41) is 18.7. The molecule has 20 heavy (non-hydrogen) atoms. The van der Waals surface area contributed by atoms with Gasteiger partial charge in [-0.2, -0.15) is 0 Å². The number of β-amino-alcohol motifs (C(OH)–C–C–N with tert-alkyl or cyclic N) is 1. The molecular weight excluding hydrogens is 330 g/mol. The topological polar surface area (TPSA) is 87.1 Å². The number of likely N-dealkylation sites (tertiary alicyclic amines) is 1. The first kappa shape index (κ1) is 14.8. The number of amides is 1. The van der Waals surface area contributed by atoms with Crippen LogP contribution in [0.5, 0.6) is 5.75 Å². The third-order valence-corrected chi connectivity index (χ3v) is 3.84. The first-order chi connectivity index (χ1) is 9.43. The van der Waals surface area contributed by atoms with Crippen molar-refractivity contribution in [3.05, 3.63) is 28.2 Å². The first-order valence-corrected chi connectivity index (χ1v) is 6.78. The number of aliphatic carboxylic acids is 1. The van der Waals surface area contributed by atoms with E-state index in [4.69, 9.17) is 9.84 Å². The van der Waals surface area contributed by atoms with E-state index >= 15 is 0 Å². The Balaban J connectivity index is 2.26. The molecule has 1 aromatic carbocycles. The average molecular weight is 344 g/mol. The van der Waals surface area contributed by atoms with Gasteiger partial charge >= 0.3 is 5.97 Å². The third-order valence-electron chi connectivity index (χ3n) is 3.22. The quantitative estimate of drug-likeness (QED) is 0.858. The van der Waals surface area contributed by atoms with Gasteiger partial charge < -0.3 is 19.8 Å². The predicted molar refractivity (Wildman–Crippen MR) is 73.8 cm³/mol. The Morgan fingerprint density at radius 3 is 2.70 bits per heavy atom. The maximum Gasteiger partial charge on any atom is 0.326 e. The fraction of sp³-hybridized carbons (Fsp3) is 0.385. The zero-order valence-electron chi connectivity index (χ0n) is 10.7. The Kier molecular flexibility index (Phi) is 4.29. The van der Waals surface area contributed by atoms with Crippen LogP contribution in [0.15, 0.2) is 22.7 Å². The number of aliphatic hydroxyl groups is 1. The van der Waals surface area contributed by atoms with Crippen LogP contribution in [0.2, 0.25) is 0 Å². The Bertz CT molecular complexity index is 548. The number of ether oxygens (including phenoxy) is 1. The number of benzene rings is 1. The highest BCUT2D eigenvalue weighted by Gasteiger charge is 2.39. The zero-order chi connectivity index (χ0) is 14.9. The molecule has 0 saturated carbocycles. The minimum absolute atomic E-state index is 0.0272. The van der Waals surface area contributed by atoms with E-state index in [0.29, 0.717) is 15.8 Å². The highest BCUT2D eigenvalue weighted by molar-refractivity contribution is 9.10. The van der Waals surface area contributed by atoms with Gasteiger partial charge in [0.2, 0.25) is 0 Å². The van der Waals surface area contributed by atoms with Gasteiger partial charge in [-0.1, -0.05) is 0 Å². The molecule has 0 aliphatic carbocycles. The van der Waals surface area contributed by atoms with Crippen molar-refractivity contribution in [2.24, 2.45) is 0 Å². The van der Waals surface area contributed by atoms with Gasteiger partial charge in [0.25, 0.3) is 5.91 Å². The molecule has 1 aliphatic heterocycles. The van der Waals surface area contributed by atoms with Crippen LogP contribution in [0.4, 0.5) is 0 Å². The average Bonchev–Trinajstić information content (AvgIpc) is 2.80. The monoisotopic (exact) mass is 343 g/mol. The molecule has 2 N–H and O–H groups in total. The molecule has 1 amide bonds. The van der Waals surface area contributed by atoms with Crippen molar-refractivity contribution in [2.45, 2.75) is 18.6 Å². The van der Waals surface area contributed by atoms with Crippen LogP contribution >= 0.6 is 15.9 Å². The smallest absolute Gasteiger partial charge is 0.326 e. The second-order valence-electron chi connectivity index (χ2n) is 4.55. The molecule has 0 radical (unpaired) electrons. The van der Waals surface area contributed by atoms with E-state index in [9.17, 15) is 14.7 Å². The van der Waals surface area contributed by atoms with Crippen LogP contribution in [-0.2, 0) is 4.79 Å². The summed E-state index contributed by atoms with van der Waals surface area (Å²) in [4.78, 5) is 24.7. The van der Waals surface area contributed by atoms with Crippen LogP contribution in [0, 0.1) is 0 Å². The first-order valence-electron chi connectivity index (χ1n) is 5.99. The number of aliphatic hydroxyl groups excluding tert-OH is 1. The number of carbonyl (C=O) groups is 2. The Morgan fingerprint density at radius 1 is 1.45 bits per heavy atom. The lowest BCUT2D eigenvalue weighted by molar-refractivity contribution is -0.141. The van der Waals surface area contributed by atoms with Crippen LogP contribution in [0.25, 0.3) is 0 Å². The number of hydrogen-bond acceptors (Lipinski definition) is 4. The second-order valence-corrected chi connectivity index (χ2v) is 5.40. The van der Waals surface area contributed by atoms with Crippen molar-refractivity contribution in [1.82, 2.24) is 4.90 Å². The standard InChI is InChI=1S/C13H14BrNO5/c1-20-11-3-2-7(4-9(11)14)12(17)15-6-8(16)5-10(15)13(18)19/h2-4,8,10,16H,5-6H2,1H3,(H,18,19)/t8-,10+/m1/s1. The molecule has 0 bridgehead atoms. The summed E-state index contributed by atoms with van der Waals surface area (Å²) >= 11 is 3.28. The minimum atomic E-state index is -1.11. The molecule has 1 saturated heterocycles. The van der Waals surface area contributed by atoms with Gasteiger partial charge in [-0.25, -0.2) is 4.79 Å². The van der Waals surface area contributed by atoms with Gasteiger partial charge in [0, 0.05) is 18.5 Å². The number of methoxy groups -OCH3 is 1. The van der Waals surface area contributed by atoms with E-state index in [1.54, 1.807) is 18.2 Å². The van der Waals surface area contributed by atoms with Crippen molar-refractivity contribution in [3.63, 3.8) is 0 Å². The lowest BCUT2D eigenvalue weighted by atomic mass is 10.1.